The minimum Gasteiger partial charge on any atom is -0.461 e. The van der Waals surface area contributed by atoms with Gasteiger partial charge in [-0.2, -0.15) is 15.0 Å². The van der Waals surface area contributed by atoms with Crippen LogP contribution in [0.1, 0.15) is 136 Å². The largest absolute Gasteiger partial charge is 0.461 e. The van der Waals surface area contributed by atoms with Crippen molar-refractivity contribution >= 4 is 41.2 Å². The highest BCUT2D eigenvalue weighted by Crippen LogP contribution is 2.37. The Hall–Kier alpha value is -2.99. The van der Waals surface area contributed by atoms with E-state index in [0.717, 1.165) is 6.42 Å². The molecule has 0 bridgehead atoms. The van der Waals surface area contributed by atoms with E-state index in [1.54, 1.807) is 13.8 Å². The standard InChI is InChI=1S/C37H64N8O4/c1-16-48-27(46)25(23-18-33(6,7)44-34(8,9)19-23)38-29-40-30(42-31(41-29)43-37(14,15)22-32(3,4)5)39-26(28(47)49-17-2)24-20-35(10,11)45-36(12,13)21-24/h23-24,44-45H,16-22H2,1-15H3,(H,40,41,42,43)/b38-25-,39-26-. The number of carbonyl (C=O) groups excluding carboxylic acids is 2. The lowest BCUT2D eigenvalue weighted by Crippen LogP contribution is -2.59. The number of esters is 2. The number of ether oxygens (including phenoxy) is 2. The van der Waals surface area contributed by atoms with Gasteiger partial charge >= 0.3 is 11.9 Å². The summed E-state index contributed by atoms with van der Waals surface area (Å²) in [5, 5.41) is 10.8. The maximum absolute atomic E-state index is 13.5. The molecule has 12 nitrogen and oxygen atoms in total. The van der Waals surface area contributed by atoms with Gasteiger partial charge in [-0.25, -0.2) is 19.6 Å². The summed E-state index contributed by atoms with van der Waals surface area (Å²) >= 11 is 0. The Morgan fingerprint density at radius 1 is 0.694 bits per heavy atom. The van der Waals surface area contributed by atoms with Gasteiger partial charge in [0.05, 0.1) is 13.2 Å². The van der Waals surface area contributed by atoms with E-state index in [2.05, 4.69) is 111 Å². The fourth-order valence-electron chi connectivity index (χ4n) is 8.45. The third kappa shape index (κ3) is 12.4. The molecule has 3 rings (SSSR count). The summed E-state index contributed by atoms with van der Waals surface area (Å²) in [6.45, 7) is 31.7. The van der Waals surface area contributed by atoms with Crippen molar-refractivity contribution in [3.8, 4) is 0 Å². The van der Waals surface area contributed by atoms with Crippen LogP contribution in [0.15, 0.2) is 9.98 Å². The zero-order valence-electron chi connectivity index (χ0n) is 33.0. The second-order valence-electron chi connectivity index (χ2n) is 18.4. The van der Waals surface area contributed by atoms with Crippen LogP contribution in [-0.4, -0.2) is 79.2 Å². The van der Waals surface area contributed by atoms with Crippen molar-refractivity contribution in [1.29, 1.82) is 0 Å². The van der Waals surface area contributed by atoms with Crippen LogP contribution in [-0.2, 0) is 19.1 Å². The predicted octanol–water partition coefficient (Wildman–Crippen LogP) is 6.88. The average molecular weight is 685 g/mol. The fraction of sp³-hybridized carbons (Fsp3) is 0.811. The fourth-order valence-corrected chi connectivity index (χ4v) is 8.45. The van der Waals surface area contributed by atoms with Crippen LogP contribution in [0.3, 0.4) is 0 Å². The van der Waals surface area contributed by atoms with E-state index in [1.807, 2.05) is 0 Å². The lowest BCUT2D eigenvalue weighted by Gasteiger charge is -2.46. The number of nitrogens with zero attached hydrogens (tertiary/aromatic N) is 5. The highest BCUT2D eigenvalue weighted by molar-refractivity contribution is 6.38. The highest BCUT2D eigenvalue weighted by atomic mass is 16.5. The molecule has 0 unspecified atom stereocenters. The Morgan fingerprint density at radius 3 is 1.35 bits per heavy atom. The van der Waals surface area contributed by atoms with Gasteiger partial charge in [-0.1, -0.05) is 20.8 Å². The summed E-state index contributed by atoms with van der Waals surface area (Å²) in [6, 6.07) is 0. The summed E-state index contributed by atoms with van der Waals surface area (Å²) in [4.78, 5) is 50.8. The summed E-state index contributed by atoms with van der Waals surface area (Å²) in [5.74, 6) is -1.12. The molecule has 1 aromatic rings. The topological polar surface area (TPSA) is 152 Å². The first-order valence-corrected chi connectivity index (χ1v) is 17.9. The van der Waals surface area contributed by atoms with Gasteiger partial charge in [0.2, 0.25) is 5.95 Å². The second kappa shape index (κ2) is 14.7. The van der Waals surface area contributed by atoms with Crippen LogP contribution in [0.2, 0.25) is 0 Å². The van der Waals surface area contributed by atoms with Crippen LogP contribution in [0.25, 0.3) is 0 Å². The minimum absolute atomic E-state index is 0.0168. The molecule has 0 amide bonds. The number of hydrogen-bond acceptors (Lipinski definition) is 12. The van der Waals surface area contributed by atoms with Gasteiger partial charge in [-0.15, -0.1) is 0 Å². The quantitative estimate of drug-likeness (QED) is 0.166. The number of aliphatic imine (C=N–C) groups is 2. The second-order valence-corrected chi connectivity index (χ2v) is 18.4. The SMILES string of the molecule is CCOC(=O)/C(=N\c1nc(/N=C(\C(=O)OCC)C2CC(C)(C)NC(C)(C)C2)nc(NC(C)(C)CC(C)(C)C)n1)C1CC(C)(C)NC(C)(C)C1. The Bertz CT molecular complexity index is 1300. The maximum atomic E-state index is 13.5. The van der Waals surface area contributed by atoms with E-state index < -0.39 is 17.5 Å². The van der Waals surface area contributed by atoms with E-state index in [-0.39, 0.29) is 81.9 Å². The number of rotatable bonds is 11. The molecule has 0 spiro atoms. The number of aromatic nitrogens is 3. The van der Waals surface area contributed by atoms with Crippen molar-refractivity contribution in [2.45, 2.75) is 164 Å². The van der Waals surface area contributed by atoms with E-state index in [1.165, 1.54) is 0 Å². The first-order valence-electron chi connectivity index (χ1n) is 17.9. The zero-order chi connectivity index (χ0) is 37.2. The van der Waals surface area contributed by atoms with Crippen LogP contribution in [0, 0.1) is 17.3 Å². The molecule has 0 saturated carbocycles. The van der Waals surface area contributed by atoms with Gasteiger partial charge in [0, 0.05) is 39.5 Å². The Labute approximate surface area is 294 Å². The van der Waals surface area contributed by atoms with Crippen LogP contribution >= 0.6 is 0 Å². The summed E-state index contributed by atoms with van der Waals surface area (Å²) < 4.78 is 11.1. The van der Waals surface area contributed by atoms with Gasteiger partial charge in [-0.05, 0) is 121 Å². The third-order valence-electron chi connectivity index (χ3n) is 8.60. The number of carbonyl (C=O) groups is 2. The van der Waals surface area contributed by atoms with E-state index in [9.17, 15) is 9.59 Å². The molecule has 12 heteroatoms. The molecule has 1 aromatic heterocycles. The van der Waals surface area contributed by atoms with Crippen LogP contribution < -0.4 is 16.0 Å². The molecule has 3 N–H and O–H groups in total. The van der Waals surface area contributed by atoms with E-state index in [4.69, 9.17) is 29.4 Å². The van der Waals surface area contributed by atoms with Gasteiger partial charge < -0.3 is 25.4 Å². The summed E-state index contributed by atoms with van der Waals surface area (Å²) in [7, 11) is 0. The van der Waals surface area contributed by atoms with Crippen LogP contribution in [0.4, 0.5) is 17.8 Å². The molecule has 49 heavy (non-hydrogen) atoms. The smallest absolute Gasteiger partial charge is 0.353 e. The molecule has 276 valence electrons. The van der Waals surface area contributed by atoms with Gasteiger partial charge in [0.15, 0.2) is 0 Å². The van der Waals surface area contributed by atoms with Crippen LogP contribution in [0.5, 0.6) is 0 Å². The molecule has 0 atom stereocenters. The van der Waals surface area contributed by atoms with Gasteiger partial charge in [0.1, 0.15) is 11.4 Å². The monoisotopic (exact) mass is 685 g/mol. The van der Waals surface area contributed by atoms with Crippen molar-refractivity contribution in [3.63, 3.8) is 0 Å². The maximum Gasteiger partial charge on any atom is 0.353 e. The normalized spacial score (nSPS) is 21.6. The van der Waals surface area contributed by atoms with Crippen molar-refractivity contribution in [3.05, 3.63) is 0 Å². The lowest BCUT2D eigenvalue weighted by molar-refractivity contribution is -0.136. The number of piperidine rings is 2. The lowest BCUT2D eigenvalue weighted by atomic mass is 9.74. The summed E-state index contributed by atoms with van der Waals surface area (Å²) in [5.41, 5.74) is -0.863. The van der Waals surface area contributed by atoms with E-state index >= 15 is 0 Å². The molecule has 0 aromatic carbocycles. The number of nitrogens with one attached hydrogen (secondary N) is 3. The molecule has 2 saturated heterocycles. The highest BCUT2D eigenvalue weighted by Gasteiger charge is 2.43. The molecule has 0 aliphatic carbocycles. The van der Waals surface area contributed by atoms with E-state index in [0.29, 0.717) is 25.7 Å². The Balaban J connectivity index is 2.26. The zero-order valence-corrected chi connectivity index (χ0v) is 33.0. The first-order chi connectivity index (χ1) is 22.2. The molecule has 3 heterocycles. The Kier molecular flexibility index (Phi) is 12.1. The third-order valence-corrected chi connectivity index (χ3v) is 8.60. The van der Waals surface area contributed by atoms with Gasteiger partial charge in [-0.3, -0.25) is 0 Å². The number of hydrogen-bond donors (Lipinski definition) is 3. The molecule has 0 radical (unpaired) electrons. The summed E-state index contributed by atoms with van der Waals surface area (Å²) in [6.07, 6.45) is 3.48. The average Bonchev–Trinajstić information content (AvgIpc) is 2.85. The first kappa shape index (κ1) is 40.4. The Morgan fingerprint density at radius 2 is 1.04 bits per heavy atom. The predicted molar refractivity (Wildman–Crippen MR) is 197 cm³/mol. The van der Waals surface area contributed by atoms with Crippen molar-refractivity contribution in [2.24, 2.45) is 27.2 Å². The minimum atomic E-state index is -0.500. The molecular weight excluding hydrogens is 620 g/mol. The van der Waals surface area contributed by atoms with Crippen molar-refractivity contribution < 1.29 is 19.1 Å². The van der Waals surface area contributed by atoms with Gasteiger partial charge in [0.25, 0.3) is 11.9 Å². The van der Waals surface area contributed by atoms with Crippen molar-refractivity contribution in [1.82, 2.24) is 25.6 Å². The molecule has 2 aliphatic rings. The molecular formula is C37H64N8O4. The number of anilines is 1. The molecule has 2 fully saturated rings. The van der Waals surface area contributed by atoms with Crippen molar-refractivity contribution in [2.75, 3.05) is 18.5 Å². The molecule has 2 aliphatic heterocycles.